The molecule has 0 saturated carbocycles. The number of carbonyl (C=O) groups excluding carboxylic acids is 2. The molecule has 0 saturated heterocycles. The molecule has 0 bridgehead atoms. The smallest absolute Gasteiger partial charge is 0.280 e. The summed E-state index contributed by atoms with van der Waals surface area (Å²) in [5.41, 5.74) is 16.3. The molecule has 1 aliphatic rings. The third-order valence-electron chi connectivity index (χ3n) is 6.13. The van der Waals surface area contributed by atoms with E-state index in [0.29, 0.717) is 12.1 Å². The maximum absolute atomic E-state index is 11.8. The average Bonchev–Trinajstić information content (AvgIpc) is 2.96. The molecule has 1 aliphatic carbocycles. The van der Waals surface area contributed by atoms with Crippen molar-refractivity contribution in [3.8, 4) is 0 Å². The molecule has 0 unspecified atom stereocenters. The minimum atomic E-state index is -0.494. The number of aliphatic imine (C=N–C) groups is 1. The Bertz CT molecular complexity index is 1250. The minimum absolute atomic E-state index is 0.270. The van der Waals surface area contributed by atoms with E-state index in [0.717, 1.165) is 30.5 Å². The first-order valence-corrected chi connectivity index (χ1v) is 13.7. The van der Waals surface area contributed by atoms with Gasteiger partial charge in [0.2, 0.25) is 6.41 Å². The van der Waals surface area contributed by atoms with Gasteiger partial charge in [-0.15, -0.1) is 11.8 Å². The molecule has 0 radical (unpaired) electrons. The fraction of sp³-hybridized carbons (Fsp3) is 0.233. The number of nitrogens with zero attached hydrogens (tertiary/aromatic N) is 2. The van der Waals surface area contributed by atoms with Crippen LogP contribution >= 0.6 is 11.8 Å². The zero-order valence-electron chi connectivity index (χ0n) is 21.9. The summed E-state index contributed by atoms with van der Waals surface area (Å²) in [4.78, 5) is 29.9. The quantitative estimate of drug-likeness (QED) is 0.150. The molecule has 38 heavy (non-hydrogen) atoms. The second-order valence-electron chi connectivity index (χ2n) is 8.78. The van der Waals surface area contributed by atoms with E-state index in [4.69, 9.17) is 11.5 Å². The molecule has 3 aromatic carbocycles. The van der Waals surface area contributed by atoms with Crippen molar-refractivity contribution >= 4 is 47.0 Å². The molecule has 2 amide bonds. The Labute approximate surface area is 229 Å². The molecule has 8 heteroatoms. The lowest BCUT2D eigenvalue weighted by molar-refractivity contribution is -0.107. The Kier molecular flexibility index (Phi) is 11.0. The predicted molar refractivity (Wildman–Crippen MR) is 159 cm³/mol. The molecule has 7 nitrogen and oxygen atoms in total. The van der Waals surface area contributed by atoms with Crippen LogP contribution in [-0.2, 0) is 11.3 Å². The first-order valence-electron chi connectivity index (χ1n) is 12.5. The Morgan fingerprint density at radius 1 is 1.05 bits per heavy atom. The Balaban J connectivity index is 0.000000336. The lowest BCUT2D eigenvalue weighted by Gasteiger charge is -2.19. The number of carbonyl (C=O) groups is 2. The summed E-state index contributed by atoms with van der Waals surface area (Å²) in [5, 5.41) is 3.09. The van der Waals surface area contributed by atoms with Gasteiger partial charge in [-0.25, -0.2) is 0 Å². The van der Waals surface area contributed by atoms with E-state index >= 15 is 0 Å². The summed E-state index contributed by atoms with van der Waals surface area (Å²) >= 11 is 1.76. The molecule has 0 fully saturated rings. The second kappa shape index (κ2) is 14.6. The summed E-state index contributed by atoms with van der Waals surface area (Å²) in [7, 11) is 1.93. The summed E-state index contributed by atoms with van der Waals surface area (Å²) in [6, 6.07) is 23.3. The van der Waals surface area contributed by atoms with Gasteiger partial charge in [0.1, 0.15) is 0 Å². The molecule has 0 heterocycles. The van der Waals surface area contributed by atoms with Crippen LogP contribution in [-0.4, -0.2) is 31.6 Å². The van der Waals surface area contributed by atoms with Gasteiger partial charge in [-0.2, -0.15) is 4.99 Å². The highest BCUT2D eigenvalue weighted by atomic mass is 32.2. The van der Waals surface area contributed by atoms with Crippen molar-refractivity contribution in [2.45, 2.75) is 37.1 Å². The second-order valence-corrected chi connectivity index (χ2v) is 9.66. The van der Waals surface area contributed by atoms with E-state index in [1.165, 1.54) is 34.6 Å². The monoisotopic (exact) mass is 529 g/mol. The van der Waals surface area contributed by atoms with Crippen LogP contribution in [0.25, 0.3) is 5.57 Å². The number of hydrogen-bond donors (Lipinski definition) is 3. The number of benzene rings is 3. The zero-order valence-corrected chi connectivity index (χ0v) is 22.7. The van der Waals surface area contributed by atoms with Gasteiger partial charge >= 0.3 is 0 Å². The van der Waals surface area contributed by atoms with Crippen molar-refractivity contribution in [1.82, 2.24) is 0 Å². The highest BCUT2D eigenvalue weighted by molar-refractivity contribution is 7.98. The molecule has 0 aliphatic heterocycles. The first-order chi connectivity index (χ1) is 18.4. The Morgan fingerprint density at radius 2 is 1.79 bits per heavy atom. The number of nitrogens with two attached hydrogens (primary N) is 2. The summed E-state index contributed by atoms with van der Waals surface area (Å²) in [6.45, 7) is 0.405. The van der Waals surface area contributed by atoms with Gasteiger partial charge in [-0.3, -0.25) is 9.59 Å². The van der Waals surface area contributed by atoms with Gasteiger partial charge in [-0.1, -0.05) is 36.4 Å². The third kappa shape index (κ3) is 8.52. The number of hydrogen-bond acceptors (Lipinski definition) is 4. The summed E-state index contributed by atoms with van der Waals surface area (Å²) in [5.74, 6) is -0.764. The van der Waals surface area contributed by atoms with Crippen molar-refractivity contribution in [3.63, 3.8) is 0 Å². The van der Waals surface area contributed by atoms with Gasteiger partial charge in [0.05, 0.1) is 6.54 Å². The molecule has 0 spiro atoms. The number of anilines is 2. The standard InChI is InChI=1S/C22H24N4O2.C8H11NS/c23-22(24)25-21(28)19-8-6-16(7-9-19)14-26(15-27)20-12-10-18(11-13-20)17-4-2-1-3-5-17;1-9-7-4-3-5-8(6-7)10-2/h4,6-13,15H,1-3,5,14H2,(H4,23,24,25,28);3-6,9H,1-2H3. The largest absolute Gasteiger partial charge is 0.388 e. The Morgan fingerprint density at radius 3 is 2.37 bits per heavy atom. The first kappa shape index (κ1) is 28.5. The topological polar surface area (TPSA) is 114 Å². The highest BCUT2D eigenvalue weighted by Crippen LogP contribution is 2.28. The summed E-state index contributed by atoms with van der Waals surface area (Å²) in [6.07, 6.45) is 9.94. The van der Waals surface area contributed by atoms with Crippen molar-refractivity contribution in [2.75, 3.05) is 23.5 Å². The van der Waals surface area contributed by atoms with E-state index in [1.807, 2.05) is 19.2 Å². The number of nitrogens with one attached hydrogen (secondary N) is 1. The maximum Gasteiger partial charge on any atom is 0.280 e. The number of guanidine groups is 1. The maximum atomic E-state index is 11.8. The van der Waals surface area contributed by atoms with Gasteiger partial charge in [0.25, 0.3) is 5.91 Å². The van der Waals surface area contributed by atoms with Crippen molar-refractivity contribution < 1.29 is 9.59 Å². The van der Waals surface area contributed by atoms with E-state index < -0.39 is 5.91 Å². The minimum Gasteiger partial charge on any atom is -0.388 e. The molecule has 3 aromatic rings. The van der Waals surface area contributed by atoms with Crippen molar-refractivity contribution in [3.05, 3.63) is 95.6 Å². The Hall–Kier alpha value is -4.04. The molecule has 0 atom stereocenters. The number of amides is 2. The van der Waals surface area contributed by atoms with Crippen LogP contribution in [0.2, 0.25) is 0 Å². The van der Waals surface area contributed by atoms with Gasteiger partial charge in [0.15, 0.2) is 5.96 Å². The van der Waals surface area contributed by atoms with Crippen LogP contribution in [0.4, 0.5) is 11.4 Å². The van der Waals surface area contributed by atoms with Crippen LogP contribution in [0.15, 0.2) is 88.8 Å². The predicted octanol–water partition coefficient (Wildman–Crippen LogP) is 5.67. The van der Waals surface area contributed by atoms with Gasteiger partial charge < -0.3 is 21.7 Å². The van der Waals surface area contributed by atoms with Crippen LogP contribution < -0.4 is 21.7 Å². The van der Waals surface area contributed by atoms with Crippen LogP contribution in [0, 0.1) is 0 Å². The van der Waals surface area contributed by atoms with Gasteiger partial charge in [0, 0.05) is 28.9 Å². The van der Waals surface area contributed by atoms with E-state index in [2.05, 4.69) is 59.0 Å². The number of rotatable bonds is 8. The fourth-order valence-corrected chi connectivity index (χ4v) is 4.53. The lowest BCUT2D eigenvalue weighted by atomic mass is 9.93. The molecular formula is C30H35N5O2S. The van der Waals surface area contributed by atoms with E-state index in [-0.39, 0.29) is 5.96 Å². The van der Waals surface area contributed by atoms with E-state index in [1.54, 1.807) is 40.9 Å². The van der Waals surface area contributed by atoms with E-state index in [9.17, 15) is 9.59 Å². The summed E-state index contributed by atoms with van der Waals surface area (Å²) < 4.78 is 0. The molecule has 5 N–H and O–H groups in total. The molecule has 4 rings (SSSR count). The zero-order chi connectivity index (χ0) is 27.3. The molecule has 0 aromatic heterocycles. The fourth-order valence-electron chi connectivity index (χ4n) is 4.07. The number of thioether (sulfide) groups is 1. The van der Waals surface area contributed by atoms with Crippen LogP contribution in [0.3, 0.4) is 0 Å². The van der Waals surface area contributed by atoms with Crippen LogP contribution in [0.5, 0.6) is 0 Å². The van der Waals surface area contributed by atoms with Crippen molar-refractivity contribution in [2.24, 2.45) is 16.5 Å². The SMILES string of the molecule is CNc1cccc(SC)c1.NC(N)=NC(=O)c1ccc(CN(C=O)c2ccc(C3=CCCCC3)cc2)cc1. The lowest BCUT2D eigenvalue weighted by Crippen LogP contribution is -2.24. The highest BCUT2D eigenvalue weighted by Gasteiger charge is 2.10. The van der Waals surface area contributed by atoms with Gasteiger partial charge in [-0.05, 0) is 91.1 Å². The number of allylic oxidation sites excluding steroid dienone is 2. The molecule has 198 valence electrons. The normalized spacial score (nSPS) is 12.3. The van der Waals surface area contributed by atoms with Crippen LogP contribution in [0.1, 0.15) is 47.2 Å². The third-order valence-corrected chi connectivity index (χ3v) is 6.86. The molecular weight excluding hydrogens is 494 g/mol. The average molecular weight is 530 g/mol. The van der Waals surface area contributed by atoms with Crippen molar-refractivity contribution in [1.29, 1.82) is 0 Å².